The van der Waals surface area contributed by atoms with Gasteiger partial charge >= 0.3 is 0 Å². The molecule has 4 nitrogen and oxygen atoms in total. The van der Waals surface area contributed by atoms with E-state index in [0.29, 0.717) is 0 Å². The molecule has 0 spiro atoms. The van der Waals surface area contributed by atoms with Gasteiger partial charge in [-0.15, -0.1) is 10.3 Å². The van der Waals surface area contributed by atoms with Crippen LogP contribution in [0.2, 0.25) is 0 Å². The van der Waals surface area contributed by atoms with Crippen LogP contribution in [0.3, 0.4) is 0 Å². The van der Waals surface area contributed by atoms with E-state index in [1.165, 1.54) is 24.3 Å². The first-order valence-corrected chi connectivity index (χ1v) is 8.92. The summed E-state index contributed by atoms with van der Waals surface area (Å²) in [6, 6.07) is 0. The van der Waals surface area contributed by atoms with Gasteiger partial charge in [-0.2, -0.15) is 5.06 Å². The molecule has 2 aliphatic heterocycles. The van der Waals surface area contributed by atoms with Crippen LogP contribution in [0.15, 0.2) is 0 Å². The highest BCUT2D eigenvalue weighted by molar-refractivity contribution is 5.14. The standard InChI is InChI=1S/C18H35N2O2/c1-8-17(6)16(4,5)18(7,14-15(2,3)20(17)21)22-19-12-10-9-11-13-19/h8-14H2,1-7H3. The zero-order valence-corrected chi connectivity index (χ0v) is 15.7. The van der Waals surface area contributed by atoms with Crippen LogP contribution in [-0.4, -0.2) is 39.9 Å². The Morgan fingerprint density at radius 3 is 2.00 bits per heavy atom. The number of nitrogens with zero attached hydrogens (tertiary/aromatic N) is 2. The predicted molar refractivity (Wildman–Crippen MR) is 88.6 cm³/mol. The molecule has 0 amide bonds. The lowest BCUT2D eigenvalue weighted by Crippen LogP contribution is -2.74. The summed E-state index contributed by atoms with van der Waals surface area (Å²) in [6.07, 6.45) is 5.29. The maximum absolute atomic E-state index is 13.0. The molecule has 2 fully saturated rings. The molecule has 4 heteroatoms. The fourth-order valence-corrected chi connectivity index (χ4v) is 4.58. The average molecular weight is 311 g/mol. The topological polar surface area (TPSA) is 35.6 Å². The lowest BCUT2D eigenvalue weighted by atomic mass is 9.55. The lowest BCUT2D eigenvalue weighted by molar-refractivity contribution is -0.391. The first-order valence-electron chi connectivity index (χ1n) is 8.92. The van der Waals surface area contributed by atoms with E-state index in [1.807, 2.05) is 0 Å². The van der Waals surface area contributed by atoms with Crippen LogP contribution >= 0.6 is 0 Å². The number of piperidine rings is 2. The van der Waals surface area contributed by atoms with Crippen molar-refractivity contribution in [2.75, 3.05) is 13.1 Å². The Labute approximate surface area is 136 Å². The van der Waals surface area contributed by atoms with Crippen molar-refractivity contribution in [1.29, 1.82) is 0 Å². The van der Waals surface area contributed by atoms with Crippen LogP contribution in [-0.2, 0) is 10.0 Å². The fraction of sp³-hybridized carbons (Fsp3) is 1.00. The lowest BCUT2D eigenvalue weighted by Gasteiger charge is -2.65. The minimum atomic E-state index is -0.431. The van der Waals surface area contributed by atoms with Gasteiger partial charge < -0.3 is 0 Å². The van der Waals surface area contributed by atoms with Gasteiger partial charge in [-0.3, -0.25) is 4.84 Å². The predicted octanol–water partition coefficient (Wildman–Crippen LogP) is 4.19. The third-order valence-electron chi connectivity index (χ3n) is 6.77. The molecule has 0 aromatic carbocycles. The summed E-state index contributed by atoms with van der Waals surface area (Å²) in [5, 5.41) is 16.5. The zero-order chi connectivity index (χ0) is 16.8. The van der Waals surface area contributed by atoms with E-state index in [4.69, 9.17) is 4.84 Å². The Hall–Kier alpha value is -0.160. The maximum atomic E-state index is 13.0. The molecule has 2 atom stereocenters. The third kappa shape index (κ3) is 2.62. The minimum Gasteiger partial charge on any atom is -0.292 e. The fourth-order valence-electron chi connectivity index (χ4n) is 4.58. The summed E-state index contributed by atoms with van der Waals surface area (Å²) in [5.74, 6) is 0. The molecule has 2 unspecified atom stereocenters. The summed E-state index contributed by atoms with van der Waals surface area (Å²) in [7, 11) is 0. The molecule has 0 N–H and O–H groups in total. The zero-order valence-electron chi connectivity index (χ0n) is 15.7. The Kier molecular flexibility index (Phi) is 4.73. The smallest absolute Gasteiger partial charge is 0.0958 e. The Morgan fingerprint density at radius 2 is 1.50 bits per heavy atom. The first-order chi connectivity index (χ1) is 10.0. The van der Waals surface area contributed by atoms with E-state index in [0.717, 1.165) is 25.9 Å². The van der Waals surface area contributed by atoms with Gasteiger partial charge in [-0.25, -0.2) is 0 Å². The summed E-state index contributed by atoms with van der Waals surface area (Å²) >= 11 is 0. The number of hydroxylamine groups is 4. The van der Waals surface area contributed by atoms with E-state index in [-0.39, 0.29) is 11.0 Å². The molecule has 22 heavy (non-hydrogen) atoms. The molecule has 0 aliphatic carbocycles. The van der Waals surface area contributed by atoms with Gasteiger partial charge in [0.2, 0.25) is 0 Å². The summed E-state index contributed by atoms with van der Waals surface area (Å²) < 4.78 is 0. The van der Waals surface area contributed by atoms with E-state index in [9.17, 15) is 5.21 Å². The SMILES string of the molecule is CCC1(C)N([O])C(C)(C)CC(C)(ON2CCCCC2)C1(C)C. The highest BCUT2D eigenvalue weighted by Gasteiger charge is 2.65. The molecule has 0 aromatic heterocycles. The largest absolute Gasteiger partial charge is 0.292 e. The monoisotopic (exact) mass is 311 g/mol. The van der Waals surface area contributed by atoms with Gasteiger partial charge in [-0.1, -0.05) is 27.2 Å². The Balaban J connectivity index is 2.35. The average Bonchev–Trinajstić information content (AvgIpc) is 2.44. The number of hydrogen-bond donors (Lipinski definition) is 0. The van der Waals surface area contributed by atoms with Crippen molar-refractivity contribution in [1.82, 2.24) is 10.1 Å². The van der Waals surface area contributed by atoms with Crippen LogP contribution < -0.4 is 0 Å². The molecule has 2 aliphatic rings. The van der Waals surface area contributed by atoms with Gasteiger partial charge in [-0.05, 0) is 53.4 Å². The van der Waals surface area contributed by atoms with E-state index < -0.39 is 11.1 Å². The van der Waals surface area contributed by atoms with Gasteiger partial charge in [0.1, 0.15) is 0 Å². The molecule has 129 valence electrons. The van der Waals surface area contributed by atoms with E-state index >= 15 is 0 Å². The highest BCUT2D eigenvalue weighted by atomic mass is 16.7. The summed E-state index contributed by atoms with van der Waals surface area (Å²) in [6.45, 7) is 17.0. The minimum absolute atomic E-state index is 0.233. The molecule has 1 radical (unpaired) electrons. The quantitative estimate of drug-likeness (QED) is 0.784. The Morgan fingerprint density at radius 1 is 0.955 bits per heavy atom. The number of rotatable bonds is 3. The normalized spacial score (nSPS) is 39.8. The van der Waals surface area contributed by atoms with Crippen LogP contribution in [0.5, 0.6) is 0 Å². The molecule has 2 heterocycles. The second kappa shape index (κ2) is 5.73. The van der Waals surface area contributed by atoms with Crippen molar-refractivity contribution in [3.8, 4) is 0 Å². The highest BCUT2D eigenvalue weighted by Crippen LogP contribution is 2.57. The van der Waals surface area contributed by atoms with Crippen molar-refractivity contribution in [3.63, 3.8) is 0 Å². The van der Waals surface area contributed by atoms with Crippen molar-refractivity contribution in [3.05, 3.63) is 0 Å². The second-order valence-electron chi connectivity index (χ2n) is 8.85. The van der Waals surface area contributed by atoms with Crippen LogP contribution in [0.4, 0.5) is 0 Å². The molecule has 0 bridgehead atoms. The third-order valence-corrected chi connectivity index (χ3v) is 6.77. The van der Waals surface area contributed by atoms with E-state index in [2.05, 4.69) is 53.5 Å². The van der Waals surface area contributed by atoms with Crippen molar-refractivity contribution in [2.45, 2.75) is 97.2 Å². The van der Waals surface area contributed by atoms with Crippen molar-refractivity contribution < 1.29 is 10.0 Å². The van der Waals surface area contributed by atoms with Gasteiger partial charge in [0.05, 0.1) is 11.1 Å². The van der Waals surface area contributed by atoms with Crippen LogP contribution in [0, 0.1) is 5.41 Å². The summed E-state index contributed by atoms with van der Waals surface area (Å²) in [5.41, 5.74) is -1.41. The van der Waals surface area contributed by atoms with E-state index in [1.54, 1.807) is 0 Å². The maximum Gasteiger partial charge on any atom is 0.0958 e. The molecular formula is C18H35N2O2. The number of hydrogen-bond acceptors (Lipinski definition) is 3. The van der Waals surface area contributed by atoms with Crippen LogP contribution in [0.1, 0.15) is 80.6 Å². The summed E-state index contributed by atoms with van der Waals surface area (Å²) in [4.78, 5) is 6.58. The van der Waals surface area contributed by atoms with Gasteiger partial charge in [0.25, 0.3) is 0 Å². The van der Waals surface area contributed by atoms with Crippen molar-refractivity contribution in [2.24, 2.45) is 5.41 Å². The van der Waals surface area contributed by atoms with Gasteiger partial charge in [0.15, 0.2) is 0 Å². The molecule has 0 saturated carbocycles. The van der Waals surface area contributed by atoms with Gasteiger partial charge in [0, 0.05) is 24.0 Å². The molecule has 2 saturated heterocycles. The van der Waals surface area contributed by atoms with Crippen molar-refractivity contribution >= 4 is 0 Å². The molecule has 0 aromatic rings. The van der Waals surface area contributed by atoms with Crippen LogP contribution in [0.25, 0.3) is 0 Å². The second-order valence-corrected chi connectivity index (χ2v) is 8.85. The Bertz CT molecular complexity index is 404. The molecular weight excluding hydrogens is 276 g/mol. The first kappa shape index (κ1) is 18.2. The molecule has 2 rings (SSSR count).